The highest BCUT2D eigenvalue weighted by molar-refractivity contribution is 5.50. The number of aryl methyl sites for hydroxylation is 1. The molecule has 1 aromatic heterocycles. The van der Waals surface area contributed by atoms with Crippen LogP contribution in [-0.4, -0.2) is 13.6 Å². The molecule has 0 amide bonds. The molecule has 0 aliphatic carbocycles. The largest absolute Gasteiger partial charge is 0.467 e. The first-order chi connectivity index (χ1) is 9.20. The lowest BCUT2D eigenvalue weighted by Crippen LogP contribution is -2.17. The van der Waals surface area contributed by atoms with E-state index in [4.69, 9.17) is 4.42 Å². The Balaban J connectivity index is 2.06. The number of rotatable bonds is 6. The van der Waals surface area contributed by atoms with Crippen LogP contribution < -0.4 is 10.2 Å². The summed E-state index contributed by atoms with van der Waals surface area (Å²) < 4.78 is 5.38. The molecular weight excluding hydrogens is 236 g/mol. The lowest BCUT2D eigenvalue weighted by atomic mass is 10.1. The molecule has 0 fully saturated rings. The standard InChI is InChI=1S/C16H22N2O/c1-4-17-11-14-7-8-15(10-13(14)2)18(3)12-16-6-5-9-19-16/h5-10,17H,4,11-12H2,1-3H3. The molecule has 0 saturated heterocycles. The van der Waals surface area contributed by atoms with E-state index in [9.17, 15) is 0 Å². The quantitative estimate of drug-likeness (QED) is 0.861. The highest BCUT2D eigenvalue weighted by atomic mass is 16.3. The van der Waals surface area contributed by atoms with Crippen LogP contribution in [-0.2, 0) is 13.1 Å². The van der Waals surface area contributed by atoms with Gasteiger partial charge in [0.05, 0.1) is 12.8 Å². The molecule has 0 aliphatic rings. The van der Waals surface area contributed by atoms with E-state index in [0.29, 0.717) is 0 Å². The molecule has 1 heterocycles. The highest BCUT2D eigenvalue weighted by Crippen LogP contribution is 2.20. The Bertz CT molecular complexity index is 505. The molecular formula is C16H22N2O. The van der Waals surface area contributed by atoms with Gasteiger partial charge >= 0.3 is 0 Å². The molecule has 0 atom stereocenters. The zero-order chi connectivity index (χ0) is 13.7. The first-order valence-electron chi connectivity index (χ1n) is 6.74. The van der Waals surface area contributed by atoms with E-state index in [-0.39, 0.29) is 0 Å². The molecule has 0 radical (unpaired) electrons. The summed E-state index contributed by atoms with van der Waals surface area (Å²) >= 11 is 0. The smallest absolute Gasteiger partial charge is 0.123 e. The van der Waals surface area contributed by atoms with Crippen molar-refractivity contribution >= 4 is 5.69 Å². The van der Waals surface area contributed by atoms with Gasteiger partial charge in [-0.15, -0.1) is 0 Å². The van der Waals surface area contributed by atoms with Crippen molar-refractivity contribution in [3.05, 3.63) is 53.5 Å². The van der Waals surface area contributed by atoms with Crippen molar-refractivity contribution in [1.82, 2.24) is 5.32 Å². The van der Waals surface area contributed by atoms with E-state index in [2.05, 4.69) is 49.3 Å². The second-order valence-electron chi connectivity index (χ2n) is 4.83. The van der Waals surface area contributed by atoms with Crippen LogP contribution in [0.15, 0.2) is 41.0 Å². The SMILES string of the molecule is CCNCc1ccc(N(C)Cc2ccco2)cc1C. The van der Waals surface area contributed by atoms with Gasteiger partial charge in [-0.25, -0.2) is 0 Å². The molecule has 1 aromatic carbocycles. The Morgan fingerprint density at radius 1 is 1.26 bits per heavy atom. The Morgan fingerprint density at radius 3 is 2.74 bits per heavy atom. The summed E-state index contributed by atoms with van der Waals surface area (Å²) in [4.78, 5) is 2.20. The molecule has 3 nitrogen and oxygen atoms in total. The number of nitrogens with one attached hydrogen (secondary N) is 1. The van der Waals surface area contributed by atoms with Crippen molar-refractivity contribution in [2.24, 2.45) is 0 Å². The molecule has 0 unspecified atom stereocenters. The molecule has 0 bridgehead atoms. The van der Waals surface area contributed by atoms with Gasteiger partial charge in [0.25, 0.3) is 0 Å². The van der Waals surface area contributed by atoms with Crippen LogP contribution in [0.2, 0.25) is 0 Å². The minimum absolute atomic E-state index is 0.791. The molecule has 2 aromatic rings. The summed E-state index contributed by atoms with van der Waals surface area (Å²) in [5, 5.41) is 3.36. The molecule has 2 rings (SSSR count). The molecule has 3 heteroatoms. The van der Waals surface area contributed by atoms with Crippen LogP contribution in [0, 0.1) is 6.92 Å². The summed E-state index contributed by atoms with van der Waals surface area (Å²) in [6, 6.07) is 10.5. The molecule has 19 heavy (non-hydrogen) atoms. The van der Waals surface area contributed by atoms with Crippen LogP contribution in [0.3, 0.4) is 0 Å². The fourth-order valence-corrected chi connectivity index (χ4v) is 2.10. The third kappa shape index (κ3) is 3.61. The van der Waals surface area contributed by atoms with Crippen LogP contribution in [0.4, 0.5) is 5.69 Å². The van der Waals surface area contributed by atoms with Gasteiger partial charge in [-0.1, -0.05) is 13.0 Å². The topological polar surface area (TPSA) is 28.4 Å². The van der Waals surface area contributed by atoms with E-state index < -0.39 is 0 Å². The zero-order valence-corrected chi connectivity index (χ0v) is 11.9. The number of nitrogens with zero attached hydrogens (tertiary/aromatic N) is 1. The Kier molecular flexibility index (Phi) is 4.63. The first-order valence-corrected chi connectivity index (χ1v) is 6.74. The maximum absolute atomic E-state index is 5.38. The Labute approximate surface area is 115 Å². The van der Waals surface area contributed by atoms with Crippen molar-refractivity contribution in [2.75, 3.05) is 18.5 Å². The lowest BCUT2D eigenvalue weighted by molar-refractivity contribution is 0.507. The van der Waals surface area contributed by atoms with Gasteiger partial charge in [0, 0.05) is 19.3 Å². The van der Waals surface area contributed by atoms with Gasteiger partial charge in [0.15, 0.2) is 0 Å². The number of hydrogen-bond acceptors (Lipinski definition) is 3. The summed E-state index contributed by atoms with van der Waals surface area (Å²) in [6.45, 7) is 7.01. The predicted octanol–water partition coefficient (Wildman–Crippen LogP) is 3.33. The lowest BCUT2D eigenvalue weighted by Gasteiger charge is -2.19. The zero-order valence-electron chi connectivity index (χ0n) is 11.9. The van der Waals surface area contributed by atoms with Crippen LogP contribution >= 0.6 is 0 Å². The first kappa shape index (κ1) is 13.7. The summed E-state index contributed by atoms with van der Waals surface area (Å²) in [7, 11) is 2.08. The van der Waals surface area contributed by atoms with Crippen LogP contribution in [0.5, 0.6) is 0 Å². The number of anilines is 1. The summed E-state index contributed by atoms with van der Waals surface area (Å²) in [5.74, 6) is 0.983. The monoisotopic (exact) mass is 258 g/mol. The average molecular weight is 258 g/mol. The second kappa shape index (κ2) is 6.43. The van der Waals surface area contributed by atoms with Gasteiger partial charge in [-0.3, -0.25) is 0 Å². The molecule has 1 N–H and O–H groups in total. The van der Waals surface area contributed by atoms with Crippen molar-refractivity contribution < 1.29 is 4.42 Å². The second-order valence-corrected chi connectivity index (χ2v) is 4.83. The van der Waals surface area contributed by atoms with E-state index in [1.54, 1.807) is 6.26 Å². The van der Waals surface area contributed by atoms with Crippen molar-refractivity contribution in [3.8, 4) is 0 Å². The van der Waals surface area contributed by atoms with Gasteiger partial charge in [0.2, 0.25) is 0 Å². The normalized spacial score (nSPS) is 10.7. The summed E-state index contributed by atoms with van der Waals surface area (Å²) in [6.07, 6.45) is 1.72. The van der Waals surface area contributed by atoms with Gasteiger partial charge in [0.1, 0.15) is 5.76 Å². The maximum atomic E-state index is 5.38. The van der Waals surface area contributed by atoms with Crippen LogP contribution in [0.25, 0.3) is 0 Å². The molecule has 0 aliphatic heterocycles. The van der Waals surface area contributed by atoms with Crippen LogP contribution in [0.1, 0.15) is 23.8 Å². The van der Waals surface area contributed by atoms with E-state index >= 15 is 0 Å². The van der Waals surface area contributed by atoms with Crippen molar-refractivity contribution in [1.29, 1.82) is 0 Å². The third-order valence-electron chi connectivity index (χ3n) is 3.31. The van der Waals surface area contributed by atoms with Gasteiger partial charge in [-0.05, 0) is 48.9 Å². The van der Waals surface area contributed by atoms with E-state index in [1.807, 2.05) is 12.1 Å². The number of benzene rings is 1. The number of hydrogen-bond donors (Lipinski definition) is 1. The van der Waals surface area contributed by atoms with E-state index in [0.717, 1.165) is 25.4 Å². The van der Waals surface area contributed by atoms with Gasteiger partial charge < -0.3 is 14.6 Å². The van der Waals surface area contributed by atoms with E-state index in [1.165, 1.54) is 16.8 Å². The number of furan rings is 1. The predicted molar refractivity (Wildman–Crippen MR) is 79.4 cm³/mol. The summed E-state index contributed by atoms with van der Waals surface area (Å²) in [5.41, 5.74) is 3.90. The molecule has 0 spiro atoms. The minimum atomic E-state index is 0.791. The highest BCUT2D eigenvalue weighted by Gasteiger charge is 2.06. The van der Waals surface area contributed by atoms with Crippen molar-refractivity contribution in [3.63, 3.8) is 0 Å². The fraction of sp³-hybridized carbons (Fsp3) is 0.375. The fourth-order valence-electron chi connectivity index (χ4n) is 2.10. The molecule has 0 saturated carbocycles. The third-order valence-corrected chi connectivity index (χ3v) is 3.31. The maximum Gasteiger partial charge on any atom is 0.123 e. The van der Waals surface area contributed by atoms with Gasteiger partial charge in [-0.2, -0.15) is 0 Å². The Hall–Kier alpha value is -1.74. The Morgan fingerprint density at radius 2 is 2.11 bits per heavy atom. The van der Waals surface area contributed by atoms with Crippen molar-refractivity contribution in [2.45, 2.75) is 26.9 Å². The molecule has 102 valence electrons. The minimum Gasteiger partial charge on any atom is -0.467 e. The average Bonchev–Trinajstić information content (AvgIpc) is 2.90.